The normalized spacial score (nSPS) is 13.2. The van der Waals surface area contributed by atoms with Crippen molar-refractivity contribution < 1.29 is 0 Å². The minimum Gasteiger partial charge on any atom is -0.309 e. The number of nitrogens with zero attached hydrogens (tertiary/aromatic N) is 4. The highest BCUT2D eigenvalue weighted by Crippen LogP contribution is 2.53. The Labute approximate surface area is 310 Å². The third-order valence-corrected chi connectivity index (χ3v) is 12.2. The van der Waals surface area contributed by atoms with Gasteiger partial charge in [0, 0.05) is 58.7 Å². The summed E-state index contributed by atoms with van der Waals surface area (Å²) >= 11 is 1.81. The van der Waals surface area contributed by atoms with Crippen molar-refractivity contribution in [1.29, 1.82) is 0 Å². The van der Waals surface area contributed by atoms with Gasteiger partial charge in [0.1, 0.15) is 0 Å². The van der Waals surface area contributed by atoms with Gasteiger partial charge in [0.15, 0.2) is 17.5 Å². The number of rotatable bonds is 4. The van der Waals surface area contributed by atoms with Crippen LogP contribution in [0.3, 0.4) is 0 Å². The molecule has 5 heteroatoms. The molecule has 1 aliphatic carbocycles. The lowest BCUT2D eigenvalue weighted by atomic mass is 9.82. The Kier molecular flexibility index (Phi) is 6.43. The van der Waals surface area contributed by atoms with Crippen LogP contribution in [-0.2, 0) is 5.41 Å². The van der Waals surface area contributed by atoms with E-state index in [9.17, 15) is 0 Å². The quantitative estimate of drug-likeness (QED) is 0.184. The van der Waals surface area contributed by atoms with E-state index in [0.717, 1.165) is 22.4 Å². The van der Waals surface area contributed by atoms with Gasteiger partial charge in [0.25, 0.3) is 0 Å². The third-order valence-electron chi connectivity index (χ3n) is 11.1. The van der Waals surface area contributed by atoms with E-state index in [2.05, 4.69) is 115 Å². The van der Waals surface area contributed by atoms with Gasteiger partial charge in [-0.3, -0.25) is 0 Å². The Bertz CT molecular complexity index is 3020. The van der Waals surface area contributed by atoms with E-state index in [1.54, 1.807) is 0 Å². The maximum absolute atomic E-state index is 4.99. The molecule has 1 aliphatic rings. The molecule has 0 atom stereocenters. The molecule has 3 heterocycles. The number of fused-ring (bicyclic) bond motifs is 10. The topological polar surface area (TPSA) is 43.6 Å². The van der Waals surface area contributed by atoms with Gasteiger partial charge in [-0.2, -0.15) is 0 Å². The maximum Gasteiger partial charge on any atom is 0.164 e. The fraction of sp³-hybridized carbons (Fsp3) is 0.0625. The van der Waals surface area contributed by atoms with E-state index >= 15 is 0 Å². The summed E-state index contributed by atoms with van der Waals surface area (Å²) in [5, 5.41) is 5.10. The highest BCUT2D eigenvalue weighted by atomic mass is 32.1. The van der Waals surface area contributed by atoms with Crippen molar-refractivity contribution in [2.24, 2.45) is 0 Å². The smallest absolute Gasteiger partial charge is 0.164 e. The molecule has 0 saturated carbocycles. The number of thiophene rings is 1. The first-order chi connectivity index (χ1) is 26.0. The summed E-state index contributed by atoms with van der Waals surface area (Å²) in [4.78, 5) is 14.9. The number of hydrogen-bond acceptors (Lipinski definition) is 4. The Morgan fingerprint density at radius 3 is 1.89 bits per heavy atom. The molecule has 0 spiro atoms. The SMILES string of the molecule is CC1(C)c2ccccc2-c2c1ccc1c2c2ccccc2n1-c1ccc2sc3cc(-c4nc(-c5ccccc5)nc(-c5ccccc5)n4)ccc3c2c1. The molecule has 0 amide bonds. The monoisotopic (exact) mass is 696 g/mol. The van der Waals surface area contributed by atoms with Crippen molar-refractivity contribution in [3.8, 4) is 51.0 Å². The van der Waals surface area contributed by atoms with Gasteiger partial charge in [-0.25, -0.2) is 15.0 Å². The summed E-state index contributed by atoms with van der Waals surface area (Å²) in [5.41, 5.74) is 12.0. The molecule has 3 aromatic heterocycles. The molecule has 7 aromatic carbocycles. The first-order valence-corrected chi connectivity index (χ1v) is 18.9. The minimum atomic E-state index is -0.0514. The molecule has 0 radical (unpaired) electrons. The largest absolute Gasteiger partial charge is 0.309 e. The van der Waals surface area contributed by atoms with Crippen LogP contribution in [0, 0.1) is 0 Å². The van der Waals surface area contributed by atoms with Gasteiger partial charge in [0.2, 0.25) is 0 Å². The van der Waals surface area contributed by atoms with Gasteiger partial charge in [0.05, 0.1) is 11.0 Å². The molecule has 4 nitrogen and oxygen atoms in total. The van der Waals surface area contributed by atoms with E-state index in [4.69, 9.17) is 15.0 Å². The predicted octanol–water partition coefficient (Wildman–Crippen LogP) is 12.6. The van der Waals surface area contributed by atoms with Crippen LogP contribution in [0.15, 0.2) is 158 Å². The van der Waals surface area contributed by atoms with Crippen LogP contribution >= 0.6 is 11.3 Å². The van der Waals surface area contributed by atoms with Crippen molar-refractivity contribution in [1.82, 2.24) is 19.5 Å². The zero-order valence-corrected chi connectivity index (χ0v) is 30.0. The Balaban J connectivity index is 1.08. The average molecular weight is 697 g/mol. The molecule has 250 valence electrons. The van der Waals surface area contributed by atoms with Crippen LogP contribution in [0.4, 0.5) is 0 Å². The predicted molar refractivity (Wildman–Crippen MR) is 221 cm³/mol. The van der Waals surface area contributed by atoms with Crippen molar-refractivity contribution in [3.63, 3.8) is 0 Å². The van der Waals surface area contributed by atoms with Crippen molar-refractivity contribution in [2.75, 3.05) is 0 Å². The molecule has 0 saturated heterocycles. The van der Waals surface area contributed by atoms with Crippen molar-refractivity contribution in [3.05, 3.63) is 169 Å². The van der Waals surface area contributed by atoms with E-state index in [-0.39, 0.29) is 5.41 Å². The third kappa shape index (κ3) is 4.51. The highest BCUT2D eigenvalue weighted by Gasteiger charge is 2.37. The van der Waals surface area contributed by atoms with E-state index in [0.29, 0.717) is 17.5 Å². The summed E-state index contributed by atoms with van der Waals surface area (Å²) < 4.78 is 4.91. The summed E-state index contributed by atoms with van der Waals surface area (Å²) in [7, 11) is 0. The van der Waals surface area contributed by atoms with Gasteiger partial charge in [-0.05, 0) is 58.7 Å². The van der Waals surface area contributed by atoms with Crippen LogP contribution in [0.1, 0.15) is 25.0 Å². The van der Waals surface area contributed by atoms with Crippen molar-refractivity contribution >= 4 is 53.3 Å². The molecular formula is C48H32N4S. The number of hydrogen-bond donors (Lipinski definition) is 0. The molecular weight excluding hydrogens is 665 g/mol. The minimum absolute atomic E-state index is 0.0514. The Morgan fingerprint density at radius 1 is 0.472 bits per heavy atom. The van der Waals surface area contributed by atoms with E-state index in [1.165, 1.54) is 64.2 Å². The molecule has 0 fully saturated rings. The molecule has 0 unspecified atom stereocenters. The van der Waals surface area contributed by atoms with Crippen LogP contribution in [0.2, 0.25) is 0 Å². The first-order valence-electron chi connectivity index (χ1n) is 18.0. The van der Waals surface area contributed by atoms with Gasteiger partial charge in [-0.15, -0.1) is 11.3 Å². The number of aromatic nitrogens is 4. The van der Waals surface area contributed by atoms with Gasteiger partial charge in [-0.1, -0.05) is 135 Å². The van der Waals surface area contributed by atoms with Crippen LogP contribution in [0.25, 0.3) is 93.0 Å². The lowest BCUT2D eigenvalue weighted by molar-refractivity contribution is 0.661. The van der Waals surface area contributed by atoms with E-state index < -0.39 is 0 Å². The van der Waals surface area contributed by atoms with Crippen LogP contribution < -0.4 is 0 Å². The zero-order chi connectivity index (χ0) is 35.3. The fourth-order valence-electron chi connectivity index (χ4n) is 8.51. The Morgan fingerprint density at radius 2 is 1.13 bits per heavy atom. The van der Waals surface area contributed by atoms with Crippen molar-refractivity contribution in [2.45, 2.75) is 19.3 Å². The summed E-state index contributed by atoms with van der Waals surface area (Å²) in [5.74, 6) is 2.00. The number of benzene rings is 7. The molecule has 53 heavy (non-hydrogen) atoms. The highest BCUT2D eigenvalue weighted by molar-refractivity contribution is 7.25. The van der Waals surface area contributed by atoms with Crippen LogP contribution in [-0.4, -0.2) is 19.5 Å². The lowest BCUT2D eigenvalue weighted by Gasteiger charge is -2.21. The average Bonchev–Trinajstić information content (AvgIpc) is 3.83. The molecule has 0 aliphatic heterocycles. The van der Waals surface area contributed by atoms with Gasteiger partial charge < -0.3 is 4.57 Å². The lowest BCUT2D eigenvalue weighted by Crippen LogP contribution is -2.14. The summed E-state index contributed by atoms with van der Waals surface area (Å²) in [6.45, 7) is 4.71. The van der Waals surface area contributed by atoms with E-state index in [1.807, 2.05) is 72.0 Å². The first kappa shape index (κ1) is 30.2. The molecule has 11 rings (SSSR count). The fourth-order valence-corrected chi connectivity index (χ4v) is 9.64. The molecule has 0 N–H and O–H groups in total. The van der Waals surface area contributed by atoms with Crippen LogP contribution in [0.5, 0.6) is 0 Å². The zero-order valence-electron chi connectivity index (χ0n) is 29.2. The summed E-state index contributed by atoms with van der Waals surface area (Å²) in [6.07, 6.45) is 0. The second-order valence-corrected chi connectivity index (χ2v) is 15.5. The standard InChI is InChI=1S/C48H32N4S/c1-48(2)37-19-11-9-17-34(37)43-38(48)24-25-40-44(43)35-18-10-12-20-39(35)52(40)32-22-26-41-36(28-32)33-23-21-31(27-42(33)53-41)47-50-45(29-13-5-3-6-14-29)49-46(51-47)30-15-7-4-8-16-30/h3-28H,1-2H3. The summed E-state index contributed by atoms with van der Waals surface area (Å²) in [6, 6.07) is 56.4. The number of para-hydroxylation sites is 1. The second kappa shape index (κ2) is 11.3. The molecule has 10 aromatic rings. The second-order valence-electron chi connectivity index (χ2n) is 14.4. The molecule has 0 bridgehead atoms. The Hall–Kier alpha value is -6.43. The maximum atomic E-state index is 4.99. The van der Waals surface area contributed by atoms with Gasteiger partial charge >= 0.3 is 0 Å².